The van der Waals surface area contributed by atoms with Crippen molar-refractivity contribution in [2.45, 2.75) is 6.54 Å². The standard InChI is InChI=1S/C18H16N2O3/c1-23-17-10-15(6-8-16(17)21)12-20-18(22)9-7-13-2-4-14(11-19)5-3-13/h2-10,21H,12H2,1H3,(H,20,22)/b9-7+. The van der Waals surface area contributed by atoms with Crippen molar-refractivity contribution in [3.63, 3.8) is 0 Å². The number of amides is 1. The van der Waals surface area contributed by atoms with Gasteiger partial charge in [0.25, 0.3) is 0 Å². The van der Waals surface area contributed by atoms with E-state index in [-0.39, 0.29) is 11.7 Å². The number of hydrogen-bond acceptors (Lipinski definition) is 4. The summed E-state index contributed by atoms with van der Waals surface area (Å²) in [5.74, 6) is 0.189. The zero-order valence-corrected chi connectivity index (χ0v) is 12.6. The molecule has 0 radical (unpaired) electrons. The minimum Gasteiger partial charge on any atom is -0.504 e. The predicted molar refractivity (Wildman–Crippen MR) is 86.7 cm³/mol. The lowest BCUT2D eigenvalue weighted by Gasteiger charge is -2.07. The molecule has 0 fully saturated rings. The van der Waals surface area contributed by atoms with Crippen LogP contribution in [0.1, 0.15) is 16.7 Å². The molecule has 5 heteroatoms. The van der Waals surface area contributed by atoms with Crippen molar-refractivity contribution >= 4 is 12.0 Å². The van der Waals surface area contributed by atoms with Gasteiger partial charge in [0.15, 0.2) is 11.5 Å². The minimum atomic E-state index is -0.235. The molecule has 0 heterocycles. The molecule has 0 bridgehead atoms. The molecular formula is C18H16N2O3. The first-order valence-corrected chi connectivity index (χ1v) is 6.94. The van der Waals surface area contributed by atoms with Gasteiger partial charge in [-0.15, -0.1) is 0 Å². The quantitative estimate of drug-likeness (QED) is 0.832. The van der Waals surface area contributed by atoms with Gasteiger partial charge in [0, 0.05) is 12.6 Å². The van der Waals surface area contributed by atoms with Gasteiger partial charge in [0.1, 0.15) is 0 Å². The van der Waals surface area contributed by atoms with Gasteiger partial charge in [-0.3, -0.25) is 4.79 Å². The number of methoxy groups -OCH3 is 1. The summed E-state index contributed by atoms with van der Waals surface area (Å²) in [5.41, 5.74) is 2.23. The number of carbonyl (C=O) groups is 1. The third-order valence-electron chi connectivity index (χ3n) is 3.18. The number of nitrogens with zero attached hydrogens (tertiary/aromatic N) is 1. The molecule has 0 saturated heterocycles. The van der Waals surface area contributed by atoms with Gasteiger partial charge in [-0.2, -0.15) is 5.26 Å². The van der Waals surface area contributed by atoms with E-state index >= 15 is 0 Å². The van der Waals surface area contributed by atoms with Gasteiger partial charge in [-0.25, -0.2) is 0 Å². The predicted octanol–water partition coefficient (Wildman–Crippen LogP) is 2.60. The number of hydrogen-bond donors (Lipinski definition) is 2. The lowest BCUT2D eigenvalue weighted by atomic mass is 10.1. The molecule has 0 aromatic heterocycles. The molecule has 0 spiro atoms. The second-order valence-electron chi connectivity index (χ2n) is 4.79. The Labute approximate surface area is 134 Å². The number of benzene rings is 2. The molecule has 0 saturated carbocycles. The molecular weight excluding hydrogens is 292 g/mol. The van der Waals surface area contributed by atoms with Gasteiger partial charge in [-0.05, 0) is 41.5 Å². The summed E-state index contributed by atoms with van der Waals surface area (Å²) in [6, 6.07) is 13.9. The van der Waals surface area contributed by atoms with Crippen LogP contribution in [-0.4, -0.2) is 18.1 Å². The fourth-order valence-electron chi connectivity index (χ4n) is 1.92. The summed E-state index contributed by atoms with van der Waals surface area (Å²) in [7, 11) is 1.47. The largest absolute Gasteiger partial charge is 0.504 e. The molecule has 2 rings (SSSR count). The van der Waals surface area contributed by atoms with E-state index in [1.54, 1.807) is 42.5 Å². The molecule has 2 aromatic carbocycles. The molecule has 2 aromatic rings. The minimum absolute atomic E-state index is 0.0586. The Morgan fingerprint density at radius 3 is 2.70 bits per heavy atom. The van der Waals surface area contributed by atoms with Gasteiger partial charge in [0.05, 0.1) is 18.7 Å². The van der Waals surface area contributed by atoms with Crippen LogP contribution in [0.25, 0.3) is 6.08 Å². The molecule has 116 valence electrons. The van der Waals surface area contributed by atoms with Crippen molar-refractivity contribution in [1.29, 1.82) is 5.26 Å². The topological polar surface area (TPSA) is 82.3 Å². The molecule has 1 amide bonds. The van der Waals surface area contributed by atoms with Gasteiger partial charge >= 0.3 is 0 Å². The number of phenols is 1. The third-order valence-corrected chi connectivity index (χ3v) is 3.18. The Morgan fingerprint density at radius 2 is 2.04 bits per heavy atom. The summed E-state index contributed by atoms with van der Waals surface area (Å²) in [4.78, 5) is 11.8. The highest BCUT2D eigenvalue weighted by Gasteiger charge is 2.03. The molecule has 0 atom stereocenters. The van der Waals surface area contributed by atoms with E-state index in [1.165, 1.54) is 19.3 Å². The van der Waals surface area contributed by atoms with E-state index in [4.69, 9.17) is 10.00 Å². The average Bonchev–Trinajstić information content (AvgIpc) is 2.59. The summed E-state index contributed by atoms with van der Waals surface area (Å²) >= 11 is 0. The van der Waals surface area contributed by atoms with Crippen molar-refractivity contribution in [2.75, 3.05) is 7.11 Å². The molecule has 0 aliphatic rings. The number of ether oxygens (including phenoxy) is 1. The summed E-state index contributed by atoms with van der Waals surface area (Å²) in [6.07, 6.45) is 3.10. The molecule has 23 heavy (non-hydrogen) atoms. The second kappa shape index (κ2) is 7.66. The van der Waals surface area contributed by atoms with E-state index in [9.17, 15) is 9.90 Å². The molecule has 5 nitrogen and oxygen atoms in total. The Morgan fingerprint density at radius 1 is 1.30 bits per heavy atom. The van der Waals surface area contributed by atoms with E-state index in [2.05, 4.69) is 5.32 Å². The summed E-state index contributed by atoms with van der Waals surface area (Å²) in [6.45, 7) is 0.327. The van der Waals surface area contributed by atoms with Crippen molar-refractivity contribution in [2.24, 2.45) is 0 Å². The Balaban J connectivity index is 1.91. The number of carbonyl (C=O) groups excluding carboxylic acids is 1. The van der Waals surface area contributed by atoms with Crippen LogP contribution in [0.4, 0.5) is 0 Å². The number of rotatable bonds is 5. The Kier molecular flexibility index (Phi) is 5.37. The van der Waals surface area contributed by atoms with Crippen LogP contribution < -0.4 is 10.1 Å². The van der Waals surface area contributed by atoms with Crippen LogP contribution >= 0.6 is 0 Å². The van der Waals surface area contributed by atoms with Crippen molar-refractivity contribution in [1.82, 2.24) is 5.32 Å². The molecule has 2 N–H and O–H groups in total. The van der Waals surface area contributed by atoms with Crippen molar-refractivity contribution < 1.29 is 14.6 Å². The fourth-order valence-corrected chi connectivity index (χ4v) is 1.92. The maximum atomic E-state index is 11.8. The first kappa shape index (κ1) is 16.1. The normalized spacial score (nSPS) is 10.3. The maximum Gasteiger partial charge on any atom is 0.244 e. The highest BCUT2D eigenvalue weighted by atomic mass is 16.5. The lowest BCUT2D eigenvalue weighted by molar-refractivity contribution is -0.116. The highest BCUT2D eigenvalue weighted by molar-refractivity contribution is 5.91. The van der Waals surface area contributed by atoms with Crippen LogP contribution in [0.5, 0.6) is 11.5 Å². The number of phenolic OH excluding ortho intramolecular Hbond substituents is 1. The van der Waals surface area contributed by atoms with E-state index in [0.717, 1.165) is 11.1 Å². The zero-order valence-electron chi connectivity index (χ0n) is 12.6. The van der Waals surface area contributed by atoms with Crippen LogP contribution in [0.2, 0.25) is 0 Å². The first-order valence-electron chi connectivity index (χ1n) is 6.94. The first-order chi connectivity index (χ1) is 11.1. The second-order valence-corrected chi connectivity index (χ2v) is 4.79. The van der Waals surface area contributed by atoms with Crippen molar-refractivity contribution in [3.8, 4) is 17.6 Å². The fraction of sp³-hybridized carbons (Fsp3) is 0.111. The average molecular weight is 308 g/mol. The molecule has 0 unspecified atom stereocenters. The number of nitriles is 1. The van der Waals surface area contributed by atoms with Crippen LogP contribution in [-0.2, 0) is 11.3 Å². The molecule has 0 aliphatic carbocycles. The SMILES string of the molecule is COc1cc(CNC(=O)/C=C/c2ccc(C#N)cc2)ccc1O. The van der Waals surface area contributed by atoms with Gasteiger partial charge < -0.3 is 15.2 Å². The van der Waals surface area contributed by atoms with Gasteiger partial charge in [-0.1, -0.05) is 18.2 Å². The maximum absolute atomic E-state index is 11.8. The van der Waals surface area contributed by atoms with Crippen LogP contribution in [0.15, 0.2) is 48.5 Å². The number of aromatic hydroxyl groups is 1. The van der Waals surface area contributed by atoms with Crippen LogP contribution in [0, 0.1) is 11.3 Å². The monoisotopic (exact) mass is 308 g/mol. The van der Waals surface area contributed by atoms with Gasteiger partial charge in [0.2, 0.25) is 5.91 Å². The van der Waals surface area contributed by atoms with Crippen LogP contribution in [0.3, 0.4) is 0 Å². The van der Waals surface area contributed by atoms with Crippen molar-refractivity contribution in [3.05, 3.63) is 65.2 Å². The Bertz CT molecular complexity index is 759. The summed E-state index contributed by atoms with van der Waals surface area (Å²) < 4.78 is 5.02. The summed E-state index contributed by atoms with van der Waals surface area (Å²) in [5, 5.41) is 21.0. The number of nitrogens with one attached hydrogen (secondary N) is 1. The van der Waals surface area contributed by atoms with E-state index in [1.807, 2.05) is 6.07 Å². The van der Waals surface area contributed by atoms with E-state index in [0.29, 0.717) is 17.9 Å². The third kappa shape index (κ3) is 4.61. The smallest absolute Gasteiger partial charge is 0.244 e. The lowest BCUT2D eigenvalue weighted by Crippen LogP contribution is -2.20. The molecule has 0 aliphatic heterocycles. The Hall–Kier alpha value is -3.26. The highest BCUT2D eigenvalue weighted by Crippen LogP contribution is 2.26. The zero-order chi connectivity index (χ0) is 16.7. The van der Waals surface area contributed by atoms with E-state index < -0.39 is 0 Å².